The van der Waals surface area contributed by atoms with Gasteiger partial charge in [0.05, 0.1) is 24.4 Å². The van der Waals surface area contributed by atoms with Crippen LogP contribution in [0.15, 0.2) is 12.3 Å². The van der Waals surface area contributed by atoms with Crippen LogP contribution in [0.3, 0.4) is 0 Å². The molecule has 17 heavy (non-hydrogen) atoms. The molecule has 2 fully saturated rings. The van der Waals surface area contributed by atoms with E-state index in [1.54, 1.807) is 0 Å². The Morgan fingerprint density at radius 3 is 3.18 bits per heavy atom. The molecule has 0 spiro atoms. The third-order valence-electron chi connectivity index (χ3n) is 3.53. The number of nitrogens with two attached hydrogens (primary N) is 1. The predicted octanol–water partition coefficient (Wildman–Crippen LogP) is -0.443. The van der Waals surface area contributed by atoms with Crippen molar-refractivity contribution < 1.29 is 4.74 Å². The van der Waals surface area contributed by atoms with E-state index in [0.717, 1.165) is 38.5 Å². The summed E-state index contributed by atoms with van der Waals surface area (Å²) in [5.74, 6) is 1.05. The van der Waals surface area contributed by atoms with Crippen LogP contribution in [-0.2, 0) is 4.74 Å². The molecule has 1 atom stereocenters. The minimum atomic E-state index is -0.229. The number of aromatic nitrogens is 2. The van der Waals surface area contributed by atoms with Gasteiger partial charge in [0.2, 0.25) is 0 Å². The van der Waals surface area contributed by atoms with Crippen molar-refractivity contribution in [3.63, 3.8) is 0 Å². The van der Waals surface area contributed by atoms with Crippen LogP contribution in [0.2, 0.25) is 0 Å². The summed E-state index contributed by atoms with van der Waals surface area (Å²) in [4.78, 5) is 0. The van der Waals surface area contributed by atoms with Crippen LogP contribution in [0.1, 0.15) is 12.5 Å². The maximum absolute atomic E-state index is 6.22. The average molecular weight is 237 g/mol. The van der Waals surface area contributed by atoms with Crippen LogP contribution in [-0.4, -0.2) is 48.2 Å². The van der Waals surface area contributed by atoms with E-state index in [9.17, 15) is 0 Å². The van der Waals surface area contributed by atoms with Gasteiger partial charge in [0.1, 0.15) is 5.82 Å². The second kappa shape index (κ2) is 4.29. The van der Waals surface area contributed by atoms with Gasteiger partial charge in [0.15, 0.2) is 0 Å². The molecule has 1 aromatic rings. The van der Waals surface area contributed by atoms with Gasteiger partial charge in [-0.2, -0.15) is 5.10 Å². The summed E-state index contributed by atoms with van der Waals surface area (Å²) in [5, 5.41) is 11.0. The van der Waals surface area contributed by atoms with Crippen molar-refractivity contribution in [2.45, 2.75) is 18.0 Å². The number of rotatable bonds is 4. The Morgan fingerprint density at radius 1 is 1.65 bits per heavy atom. The Kier molecular flexibility index (Phi) is 2.78. The maximum Gasteiger partial charge on any atom is 0.124 e. The number of hydrogen-bond donors (Lipinski definition) is 3. The summed E-state index contributed by atoms with van der Waals surface area (Å²) in [7, 11) is 0. The van der Waals surface area contributed by atoms with Crippen molar-refractivity contribution in [2.75, 3.05) is 38.2 Å². The van der Waals surface area contributed by atoms with Crippen molar-refractivity contribution in [1.29, 1.82) is 0 Å². The molecule has 1 unspecified atom stereocenters. The summed E-state index contributed by atoms with van der Waals surface area (Å²) < 4.78 is 7.38. The van der Waals surface area contributed by atoms with E-state index in [-0.39, 0.29) is 5.54 Å². The SMILES string of the molecule is NC1(CNc2ccnn2C2CNC2)CCOC1. The van der Waals surface area contributed by atoms with E-state index in [0.29, 0.717) is 12.6 Å². The molecule has 2 aliphatic heterocycles. The first-order chi connectivity index (χ1) is 8.27. The van der Waals surface area contributed by atoms with Crippen molar-refractivity contribution in [3.8, 4) is 0 Å². The standard InChI is InChI=1S/C11H19N5O/c12-11(2-4-17-8-11)7-14-10-1-3-15-16(10)9-5-13-6-9/h1,3,9,13-14H,2,4-8,12H2. The minimum Gasteiger partial charge on any atom is -0.379 e. The molecule has 2 aliphatic rings. The van der Waals surface area contributed by atoms with Gasteiger partial charge in [-0.3, -0.25) is 0 Å². The molecule has 1 aromatic heterocycles. The van der Waals surface area contributed by atoms with Crippen molar-refractivity contribution >= 4 is 5.82 Å². The Labute approximate surface area is 100 Å². The highest BCUT2D eigenvalue weighted by atomic mass is 16.5. The van der Waals surface area contributed by atoms with E-state index in [4.69, 9.17) is 10.5 Å². The normalized spacial score (nSPS) is 29.2. The van der Waals surface area contributed by atoms with Gasteiger partial charge in [-0.05, 0) is 6.42 Å². The second-order valence-corrected chi connectivity index (χ2v) is 4.99. The van der Waals surface area contributed by atoms with Crippen LogP contribution in [0, 0.1) is 0 Å². The Morgan fingerprint density at radius 2 is 2.53 bits per heavy atom. The summed E-state index contributed by atoms with van der Waals surface area (Å²) in [5.41, 5.74) is 5.99. The van der Waals surface area contributed by atoms with Gasteiger partial charge in [0, 0.05) is 32.3 Å². The van der Waals surface area contributed by atoms with Crippen molar-refractivity contribution in [3.05, 3.63) is 12.3 Å². The average Bonchev–Trinajstić information content (AvgIpc) is 2.83. The zero-order chi connectivity index (χ0) is 11.7. The fraction of sp³-hybridized carbons (Fsp3) is 0.727. The lowest BCUT2D eigenvalue weighted by molar-refractivity contribution is 0.180. The van der Waals surface area contributed by atoms with Gasteiger partial charge >= 0.3 is 0 Å². The molecule has 3 rings (SSSR count). The molecule has 94 valence electrons. The van der Waals surface area contributed by atoms with Gasteiger partial charge in [0.25, 0.3) is 0 Å². The van der Waals surface area contributed by atoms with Gasteiger partial charge in [-0.25, -0.2) is 4.68 Å². The highest BCUT2D eigenvalue weighted by Crippen LogP contribution is 2.20. The number of nitrogens with zero attached hydrogens (tertiary/aromatic N) is 2. The molecule has 4 N–H and O–H groups in total. The summed E-state index contributed by atoms with van der Waals surface area (Å²) in [6, 6.07) is 2.47. The summed E-state index contributed by atoms with van der Waals surface area (Å²) in [6.45, 7) is 4.13. The van der Waals surface area contributed by atoms with Crippen molar-refractivity contribution in [1.82, 2.24) is 15.1 Å². The van der Waals surface area contributed by atoms with Crippen LogP contribution in [0.4, 0.5) is 5.82 Å². The van der Waals surface area contributed by atoms with Gasteiger partial charge in [-0.1, -0.05) is 0 Å². The van der Waals surface area contributed by atoms with Crippen LogP contribution < -0.4 is 16.4 Å². The largest absolute Gasteiger partial charge is 0.379 e. The molecule has 0 saturated carbocycles. The number of ether oxygens (including phenoxy) is 1. The molecular weight excluding hydrogens is 218 g/mol. The first kappa shape index (κ1) is 11.0. The van der Waals surface area contributed by atoms with E-state index < -0.39 is 0 Å². The molecule has 0 aromatic carbocycles. The topological polar surface area (TPSA) is 77.1 Å². The molecule has 6 nitrogen and oxygen atoms in total. The zero-order valence-corrected chi connectivity index (χ0v) is 9.85. The molecule has 6 heteroatoms. The van der Waals surface area contributed by atoms with E-state index >= 15 is 0 Å². The van der Waals surface area contributed by atoms with Gasteiger partial charge < -0.3 is 21.1 Å². The first-order valence-corrected chi connectivity index (χ1v) is 6.12. The molecule has 0 bridgehead atoms. The van der Waals surface area contributed by atoms with Crippen molar-refractivity contribution in [2.24, 2.45) is 5.73 Å². The lowest BCUT2D eigenvalue weighted by Crippen LogP contribution is -2.48. The zero-order valence-electron chi connectivity index (χ0n) is 9.85. The Hall–Kier alpha value is -1.11. The molecule has 0 amide bonds. The first-order valence-electron chi connectivity index (χ1n) is 6.12. The Balaban J connectivity index is 1.62. The van der Waals surface area contributed by atoms with Crippen LogP contribution in [0.25, 0.3) is 0 Å². The summed E-state index contributed by atoms with van der Waals surface area (Å²) >= 11 is 0. The second-order valence-electron chi connectivity index (χ2n) is 4.99. The number of anilines is 1. The monoisotopic (exact) mass is 237 g/mol. The minimum absolute atomic E-state index is 0.229. The molecular formula is C11H19N5O. The van der Waals surface area contributed by atoms with E-state index in [1.165, 1.54) is 0 Å². The van der Waals surface area contributed by atoms with Crippen LogP contribution in [0.5, 0.6) is 0 Å². The number of nitrogens with one attached hydrogen (secondary N) is 2. The number of hydrogen-bond acceptors (Lipinski definition) is 5. The third-order valence-corrected chi connectivity index (χ3v) is 3.53. The third kappa shape index (κ3) is 2.15. The van der Waals surface area contributed by atoms with Crippen LogP contribution >= 0.6 is 0 Å². The molecule has 2 saturated heterocycles. The highest BCUT2D eigenvalue weighted by molar-refractivity contribution is 5.35. The quantitative estimate of drug-likeness (QED) is 0.661. The molecule has 0 radical (unpaired) electrons. The van der Waals surface area contributed by atoms with E-state index in [1.807, 2.05) is 16.9 Å². The highest BCUT2D eigenvalue weighted by Gasteiger charge is 2.30. The fourth-order valence-electron chi connectivity index (χ4n) is 2.22. The smallest absolute Gasteiger partial charge is 0.124 e. The van der Waals surface area contributed by atoms with Gasteiger partial charge in [-0.15, -0.1) is 0 Å². The fourth-order valence-corrected chi connectivity index (χ4v) is 2.22. The maximum atomic E-state index is 6.22. The molecule has 3 heterocycles. The molecule has 0 aliphatic carbocycles. The lowest BCUT2D eigenvalue weighted by Gasteiger charge is -2.30. The predicted molar refractivity (Wildman–Crippen MR) is 65.0 cm³/mol. The summed E-state index contributed by atoms with van der Waals surface area (Å²) in [6.07, 6.45) is 2.74. The van der Waals surface area contributed by atoms with E-state index in [2.05, 4.69) is 15.7 Å². The lowest BCUT2D eigenvalue weighted by atomic mass is 10.0. The Bertz CT molecular complexity index is 381.